The van der Waals surface area contributed by atoms with Crippen molar-refractivity contribution in [2.75, 3.05) is 42.9 Å². The van der Waals surface area contributed by atoms with Crippen LogP contribution in [0, 0.1) is 5.82 Å². The van der Waals surface area contributed by atoms with Crippen molar-refractivity contribution in [2.24, 2.45) is 0 Å². The van der Waals surface area contributed by atoms with Gasteiger partial charge >= 0.3 is 0 Å². The zero-order chi connectivity index (χ0) is 16.9. The molecule has 1 aliphatic heterocycles. The van der Waals surface area contributed by atoms with Gasteiger partial charge in [0.05, 0.1) is 24.1 Å². The largest absolute Gasteiger partial charge is 0.368 e. The first-order valence-corrected chi connectivity index (χ1v) is 8.53. The minimum atomic E-state index is -0.419. The molecule has 1 fully saturated rings. The van der Waals surface area contributed by atoms with E-state index in [4.69, 9.17) is 0 Å². The Morgan fingerprint density at radius 2 is 1.96 bits per heavy atom. The van der Waals surface area contributed by atoms with Crippen LogP contribution < -0.4 is 10.2 Å². The van der Waals surface area contributed by atoms with Crippen molar-refractivity contribution in [3.05, 3.63) is 53.0 Å². The van der Waals surface area contributed by atoms with Crippen LogP contribution in [0.2, 0.25) is 0 Å². The maximum absolute atomic E-state index is 13.6. The average molecular weight is 393 g/mol. The maximum Gasteiger partial charge on any atom is 0.238 e. The molecule has 5 nitrogen and oxygen atoms in total. The second kappa shape index (κ2) is 7.72. The Balaban J connectivity index is 1.50. The van der Waals surface area contributed by atoms with Gasteiger partial charge in [0, 0.05) is 36.8 Å². The average Bonchev–Trinajstić information content (AvgIpc) is 2.58. The number of hydrogen-bond donors (Lipinski definition) is 1. The number of amides is 1. The van der Waals surface area contributed by atoms with E-state index in [9.17, 15) is 9.18 Å². The van der Waals surface area contributed by atoms with E-state index in [0.29, 0.717) is 0 Å². The molecular weight excluding hydrogens is 375 g/mol. The van der Waals surface area contributed by atoms with E-state index in [1.807, 2.05) is 12.3 Å². The molecule has 1 aliphatic rings. The van der Waals surface area contributed by atoms with Crippen molar-refractivity contribution in [1.29, 1.82) is 0 Å². The Morgan fingerprint density at radius 3 is 2.67 bits per heavy atom. The fourth-order valence-electron chi connectivity index (χ4n) is 2.69. The summed E-state index contributed by atoms with van der Waals surface area (Å²) >= 11 is 3.43. The van der Waals surface area contributed by atoms with Crippen LogP contribution in [0.5, 0.6) is 0 Å². The van der Waals surface area contributed by atoms with E-state index in [-0.39, 0.29) is 18.1 Å². The van der Waals surface area contributed by atoms with E-state index in [1.54, 1.807) is 24.4 Å². The molecule has 1 aromatic heterocycles. The smallest absolute Gasteiger partial charge is 0.238 e. The molecule has 7 heteroatoms. The minimum Gasteiger partial charge on any atom is -0.368 e. The van der Waals surface area contributed by atoms with Gasteiger partial charge in [-0.3, -0.25) is 14.7 Å². The zero-order valence-electron chi connectivity index (χ0n) is 13.1. The van der Waals surface area contributed by atoms with Crippen LogP contribution in [0.15, 0.2) is 47.2 Å². The highest BCUT2D eigenvalue weighted by molar-refractivity contribution is 9.10. The van der Waals surface area contributed by atoms with Crippen molar-refractivity contribution >= 4 is 33.2 Å². The lowest BCUT2D eigenvalue weighted by atomic mass is 10.2. The Morgan fingerprint density at radius 1 is 1.21 bits per heavy atom. The zero-order valence-corrected chi connectivity index (χ0v) is 14.7. The van der Waals surface area contributed by atoms with E-state index in [2.05, 4.69) is 36.0 Å². The summed E-state index contributed by atoms with van der Waals surface area (Å²) in [6.07, 6.45) is 3.60. The van der Waals surface area contributed by atoms with Gasteiger partial charge in [0.2, 0.25) is 5.91 Å². The van der Waals surface area contributed by atoms with Gasteiger partial charge in [-0.15, -0.1) is 0 Å². The summed E-state index contributed by atoms with van der Waals surface area (Å²) in [4.78, 5) is 20.6. The lowest BCUT2D eigenvalue weighted by molar-refractivity contribution is -0.117. The number of anilines is 2. The number of piperazine rings is 1. The molecule has 1 aromatic carbocycles. The lowest BCUT2D eigenvalue weighted by Gasteiger charge is -2.35. The first kappa shape index (κ1) is 16.9. The third kappa shape index (κ3) is 4.30. The molecule has 0 atom stereocenters. The molecule has 0 bridgehead atoms. The summed E-state index contributed by atoms with van der Waals surface area (Å²) in [6, 6.07) is 8.23. The highest BCUT2D eigenvalue weighted by atomic mass is 79.9. The molecule has 0 spiro atoms. The number of carbonyl (C=O) groups is 1. The van der Waals surface area contributed by atoms with Gasteiger partial charge in [0.1, 0.15) is 5.82 Å². The number of para-hydroxylation sites is 1. The molecule has 3 rings (SSSR count). The summed E-state index contributed by atoms with van der Waals surface area (Å²) < 4.78 is 14.5. The summed E-state index contributed by atoms with van der Waals surface area (Å²) in [7, 11) is 0. The van der Waals surface area contributed by atoms with E-state index in [1.165, 1.54) is 6.07 Å². The van der Waals surface area contributed by atoms with Crippen LogP contribution >= 0.6 is 15.9 Å². The van der Waals surface area contributed by atoms with Crippen molar-refractivity contribution in [3.8, 4) is 0 Å². The highest BCUT2D eigenvalue weighted by Crippen LogP contribution is 2.19. The van der Waals surface area contributed by atoms with Crippen LogP contribution in [0.1, 0.15) is 0 Å². The SMILES string of the molecule is O=C(CN1CCN(c2cncc(Br)c2)CC1)Nc1ccccc1F. The van der Waals surface area contributed by atoms with Crippen LogP contribution in [0.4, 0.5) is 15.8 Å². The molecule has 0 unspecified atom stereocenters. The number of carbonyl (C=O) groups excluding carboxylic acids is 1. The molecule has 2 heterocycles. The molecule has 24 heavy (non-hydrogen) atoms. The number of hydrogen-bond acceptors (Lipinski definition) is 4. The highest BCUT2D eigenvalue weighted by Gasteiger charge is 2.20. The Hall–Kier alpha value is -1.99. The number of halogens is 2. The first-order chi connectivity index (χ1) is 11.6. The van der Waals surface area contributed by atoms with Gasteiger partial charge in [0.25, 0.3) is 0 Å². The number of aromatic nitrogens is 1. The molecule has 0 radical (unpaired) electrons. The normalized spacial score (nSPS) is 15.3. The predicted octanol–water partition coefficient (Wildman–Crippen LogP) is 2.74. The number of nitrogens with zero attached hydrogens (tertiary/aromatic N) is 3. The monoisotopic (exact) mass is 392 g/mol. The summed E-state index contributed by atoms with van der Waals surface area (Å²) in [6.45, 7) is 3.46. The van der Waals surface area contributed by atoms with Gasteiger partial charge in [0.15, 0.2) is 0 Å². The lowest BCUT2D eigenvalue weighted by Crippen LogP contribution is -2.48. The van der Waals surface area contributed by atoms with Gasteiger partial charge < -0.3 is 10.2 Å². The topological polar surface area (TPSA) is 48.5 Å². The van der Waals surface area contributed by atoms with Crippen LogP contribution in [-0.2, 0) is 4.79 Å². The Labute approximate surface area is 148 Å². The summed E-state index contributed by atoms with van der Waals surface area (Å²) in [5.74, 6) is -0.615. The molecule has 1 N–H and O–H groups in total. The molecule has 1 amide bonds. The molecular formula is C17H18BrFN4O. The molecule has 0 aliphatic carbocycles. The van der Waals surface area contributed by atoms with Crippen molar-refractivity contribution < 1.29 is 9.18 Å². The van der Waals surface area contributed by atoms with Gasteiger partial charge in [-0.1, -0.05) is 12.1 Å². The molecule has 126 valence electrons. The van der Waals surface area contributed by atoms with Crippen LogP contribution in [0.3, 0.4) is 0 Å². The van der Waals surface area contributed by atoms with E-state index >= 15 is 0 Å². The summed E-state index contributed by atoms with van der Waals surface area (Å²) in [5.41, 5.74) is 1.29. The first-order valence-electron chi connectivity index (χ1n) is 7.74. The number of rotatable bonds is 4. The van der Waals surface area contributed by atoms with Crippen molar-refractivity contribution in [3.63, 3.8) is 0 Å². The molecule has 2 aromatic rings. The van der Waals surface area contributed by atoms with Gasteiger partial charge in [-0.05, 0) is 34.1 Å². The number of benzene rings is 1. The van der Waals surface area contributed by atoms with Crippen molar-refractivity contribution in [2.45, 2.75) is 0 Å². The summed E-state index contributed by atoms with van der Waals surface area (Å²) in [5, 5.41) is 2.62. The van der Waals surface area contributed by atoms with E-state index in [0.717, 1.165) is 36.3 Å². The molecule has 1 saturated heterocycles. The third-order valence-electron chi connectivity index (χ3n) is 3.94. The molecule has 0 saturated carbocycles. The van der Waals surface area contributed by atoms with Gasteiger partial charge in [-0.2, -0.15) is 0 Å². The third-order valence-corrected chi connectivity index (χ3v) is 4.38. The van der Waals surface area contributed by atoms with E-state index < -0.39 is 5.82 Å². The van der Waals surface area contributed by atoms with Crippen molar-refractivity contribution in [1.82, 2.24) is 9.88 Å². The quantitative estimate of drug-likeness (QED) is 0.868. The minimum absolute atomic E-state index is 0.197. The number of pyridine rings is 1. The van der Waals surface area contributed by atoms with Gasteiger partial charge in [-0.25, -0.2) is 4.39 Å². The van der Waals surface area contributed by atoms with Crippen LogP contribution in [0.25, 0.3) is 0 Å². The second-order valence-corrected chi connectivity index (χ2v) is 6.57. The Bertz CT molecular complexity index is 719. The van der Waals surface area contributed by atoms with Crippen LogP contribution in [-0.4, -0.2) is 48.5 Å². The Kier molecular flexibility index (Phi) is 5.42. The number of nitrogens with one attached hydrogen (secondary N) is 1. The second-order valence-electron chi connectivity index (χ2n) is 5.65. The maximum atomic E-state index is 13.6. The fraction of sp³-hybridized carbons (Fsp3) is 0.294. The predicted molar refractivity (Wildman–Crippen MR) is 95.6 cm³/mol. The standard InChI is InChI=1S/C17H18BrFN4O/c18-13-9-14(11-20-10-13)23-7-5-22(6-8-23)12-17(24)21-16-4-2-1-3-15(16)19/h1-4,9-11H,5-8,12H2,(H,21,24). The fourth-order valence-corrected chi connectivity index (χ4v) is 3.05.